The highest BCUT2D eigenvalue weighted by atomic mass is 16.4. The van der Waals surface area contributed by atoms with Gasteiger partial charge < -0.3 is 10.2 Å². The smallest absolute Gasteiger partial charge is 0.306 e. The second kappa shape index (κ2) is 5.32. The number of rotatable bonds is 3. The van der Waals surface area contributed by atoms with Crippen molar-refractivity contribution in [2.45, 2.75) is 31.8 Å². The minimum absolute atomic E-state index is 0.149. The first-order valence-corrected chi connectivity index (χ1v) is 6.16. The number of carboxylic acids is 1. The van der Waals surface area contributed by atoms with Crippen LogP contribution >= 0.6 is 0 Å². The molecule has 0 saturated heterocycles. The van der Waals surface area contributed by atoms with E-state index in [1.54, 1.807) is 0 Å². The lowest BCUT2D eigenvalue weighted by Gasteiger charge is -2.32. The molecule has 3 nitrogen and oxygen atoms in total. The summed E-state index contributed by atoms with van der Waals surface area (Å²) in [6.07, 6.45) is 2.79. The third-order valence-corrected chi connectivity index (χ3v) is 3.68. The third-order valence-electron chi connectivity index (χ3n) is 3.68. The van der Waals surface area contributed by atoms with Gasteiger partial charge in [0.25, 0.3) is 0 Å². The third kappa shape index (κ3) is 2.67. The van der Waals surface area contributed by atoms with Gasteiger partial charge in [0, 0.05) is 5.92 Å². The first-order valence-electron chi connectivity index (χ1n) is 6.16. The van der Waals surface area contributed by atoms with Gasteiger partial charge in [-0.1, -0.05) is 43.2 Å². The molecule has 3 atom stereocenters. The number of aliphatic carboxylic acids is 1. The molecule has 3 heteroatoms. The summed E-state index contributed by atoms with van der Waals surface area (Å²) in [7, 11) is 0. The molecule has 0 amide bonds. The van der Waals surface area contributed by atoms with Gasteiger partial charge in [0.15, 0.2) is 0 Å². The Kier molecular flexibility index (Phi) is 3.79. The lowest BCUT2D eigenvalue weighted by atomic mass is 9.74. The first kappa shape index (κ1) is 12.1. The molecule has 17 heavy (non-hydrogen) atoms. The zero-order chi connectivity index (χ0) is 12.3. The maximum absolute atomic E-state index is 11.2. The van der Waals surface area contributed by atoms with Crippen molar-refractivity contribution in [2.24, 2.45) is 11.8 Å². The van der Waals surface area contributed by atoms with Crippen LogP contribution in [0.4, 0.5) is 0 Å². The summed E-state index contributed by atoms with van der Waals surface area (Å²) in [5, 5.41) is 19.5. The standard InChI is InChI=1S/C14H18O3/c15-13(10-6-2-1-3-7-10)11-8-4-5-9-12(11)14(16)17/h1-3,6-7,11-13,15H,4-5,8-9H2,(H,16,17). The van der Waals surface area contributed by atoms with Crippen LogP contribution in [0.2, 0.25) is 0 Å². The zero-order valence-electron chi connectivity index (χ0n) is 9.75. The van der Waals surface area contributed by atoms with Crippen molar-refractivity contribution in [3.8, 4) is 0 Å². The molecule has 0 aliphatic heterocycles. The minimum Gasteiger partial charge on any atom is -0.481 e. The fourth-order valence-electron chi connectivity index (χ4n) is 2.74. The summed E-state index contributed by atoms with van der Waals surface area (Å²) >= 11 is 0. The van der Waals surface area contributed by atoms with E-state index in [2.05, 4.69) is 0 Å². The van der Waals surface area contributed by atoms with Crippen molar-refractivity contribution < 1.29 is 15.0 Å². The van der Waals surface area contributed by atoms with E-state index in [0.29, 0.717) is 6.42 Å². The van der Waals surface area contributed by atoms with Gasteiger partial charge in [-0.15, -0.1) is 0 Å². The predicted molar refractivity (Wildman–Crippen MR) is 64.5 cm³/mol. The largest absolute Gasteiger partial charge is 0.481 e. The van der Waals surface area contributed by atoms with Crippen LogP contribution in [0.3, 0.4) is 0 Å². The average molecular weight is 234 g/mol. The van der Waals surface area contributed by atoms with Crippen LogP contribution in [0, 0.1) is 11.8 Å². The normalized spacial score (nSPS) is 26.4. The van der Waals surface area contributed by atoms with E-state index in [1.165, 1.54) is 0 Å². The van der Waals surface area contributed by atoms with Crippen LogP contribution in [0.15, 0.2) is 30.3 Å². The Labute approximate surface area is 101 Å². The highest BCUT2D eigenvalue weighted by Gasteiger charge is 2.35. The van der Waals surface area contributed by atoms with Gasteiger partial charge in [-0.3, -0.25) is 4.79 Å². The SMILES string of the molecule is O=C(O)C1CCCCC1C(O)c1ccccc1. The number of aliphatic hydroxyl groups excluding tert-OH is 1. The first-order chi connectivity index (χ1) is 8.20. The fourth-order valence-corrected chi connectivity index (χ4v) is 2.74. The summed E-state index contributed by atoms with van der Waals surface area (Å²) in [6.45, 7) is 0. The monoisotopic (exact) mass is 234 g/mol. The maximum Gasteiger partial charge on any atom is 0.306 e. The molecule has 0 radical (unpaired) electrons. The van der Waals surface area contributed by atoms with Gasteiger partial charge >= 0.3 is 5.97 Å². The molecule has 1 aliphatic carbocycles. The lowest BCUT2D eigenvalue weighted by Crippen LogP contribution is -2.31. The van der Waals surface area contributed by atoms with Crippen molar-refractivity contribution in [3.63, 3.8) is 0 Å². The van der Waals surface area contributed by atoms with Gasteiger partial charge in [0.2, 0.25) is 0 Å². The molecule has 0 aromatic heterocycles. The molecule has 3 unspecified atom stereocenters. The van der Waals surface area contributed by atoms with Crippen molar-refractivity contribution in [1.82, 2.24) is 0 Å². The van der Waals surface area contributed by atoms with Gasteiger partial charge in [-0.2, -0.15) is 0 Å². The summed E-state index contributed by atoms with van der Waals surface area (Å²) in [5.41, 5.74) is 0.825. The zero-order valence-corrected chi connectivity index (χ0v) is 9.75. The van der Waals surface area contributed by atoms with E-state index in [9.17, 15) is 15.0 Å². The topological polar surface area (TPSA) is 57.5 Å². The van der Waals surface area contributed by atoms with Crippen molar-refractivity contribution in [1.29, 1.82) is 0 Å². The summed E-state index contributed by atoms with van der Waals surface area (Å²) in [6, 6.07) is 9.36. The maximum atomic E-state index is 11.2. The number of hydrogen-bond donors (Lipinski definition) is 2. The summed E-state index contributed by atoms with van der Waals surface area (Å²) < 4.78 is 0. The van der Waals surface area contributed by atoms with Gasteiger partial charge in [-0.05, 0) is 18.4 Å². The molecule has 0 spiro atoms. The molecule has 1 fully saturated rings. The molecular formula is C14H18O3. The molecule has 0 heterocycles. The van der Waals surface area contributed by atoms with Gasteiger partial charge in [0.1, 0.15) is 0 Å². The predicted octanol–water partition coefficient (Wildman–Crippen LogP) is 2.61. The Morgan fingerprint density at radius 1 is 1.18 bits per heavy atom. The van der Waals surface area contributed by atoms with Crippen molar-refractivity contribution in [2.75, 3.05) is 0 Å². The molecule has 2 N–H and O–H groups in total. The summed E-state index contributed by atoms with van der Waals surface area (Å²) in [5.74, 6) is -1.33. The molecule has 1 aromatic rings. The Balaban J connectivity index is 2.16. The second-order valence-electron chi connectivity index (χ2n) is 4.75. The highest BCUT2D eigenvalue weighted by Crippen LogP contribution is 2.38. The molecule has 0 bridgehead atoms. The van der Waals surface area contributed by atoms with Crippen LogP contribution in [0.25, 0.3) is 0 Å². The van der Waals surface area contributed by atoms with Crippen molar-refractivity contribution in [3.05, 3.63) is 35.9 Å². The molecule has 1 aromatic carbocycles. The van der Waals surface area contributed by atoms with Crippen LogP contribution in [-0.2, 0) is 4.79 Å². The van der Waals surface area contributed by atoms with E-state index < -0.39 is 18.0 Å². The average Bonchev–Trinajstić information content (AvgIpc) is 2.39. The van der Waals surface area contributed by atoms with E-state index in [0.717, 1.165) is 24.8 Å². The van der Waals surface area contributed by atoms with Crippen LogP contribution in [0.1, 0.15) is 37.4 Å². The van der Waals surface area contributed by atoms with E-state index in [1.807, 2.05) is 30.3 Å². The van der Waals surface area contributed by atoms with Crippen LogP contribution < -0.4 is 0 Å². The van der Waals surface area contributed by atoms with E-state index in [-0.39, 0.29) is 5.92 Å². The minimum atomic E-state index is -0.773. The number of benzene rings is 1. The second-order valence-corrected chi connectivity index (χ2v) is 4.75. The van der Waals surface area contributed by atoms with Crippen molar-refractivity contribution >= 4 is 5.97 Å². The lowest BCUT2D eigenvalue weighted by molar-refractivity contribution is -0.147. The Hall–Kier alpha value is -1.35. The number of carboxylic acid groups (broad SMARTS) is 1. The Bertz CT molecular complexity index is 374. The van der Waals surface area contributed by atoms with E-state index in [4.69, 9.17) is 0 Å². The Morgan fingerprint density at radius 2 is 1.82 bits per heavy atom. The highest BCUT2D eigenvalue weighted by molar-refractivity contribution is 5.70. The molecule has 2 rings (SSSR count). The Morgan fingerprint density at radius 3 is 2.47 bits per heavy atom. The van der Waals surface area contributed by atoms with Gasteiger partial charge in [0.05, 0.1) is 12.0 Å². The number of carbonyl (C=O) groups is 1. The molecule has 1 aliphatic rings. The summed E-state index contributed by atoms with van der Waals surface area (Å²) in [4.78, 5) is 11.2. The quantitative estimate of drug-likeness (QED) is 0.845. The van der Waals surface area contributed by atoms with Crippen LogP contribution in [-0.4, -0.2) is 16.2 Å². The number of hydrogen-bond acceptors (Lipinski definition) is 2. The fraction of sp³-hybridized carbons (Fsp3) is 0.500. The number of aliphatic hydroxyl groups is 1. The van der Waals surface area contributed by atoms with Crippen LogP contribution in [0.5, 0.6) is 0 Å². The molecule has 1 saturated carbocycles. The van der Waals surface area contributed by atoms with Gasteiger partial charge in [-0.25, -0.2) is 0 Å². The molecule has 92 valence electrons. The molecular weight excluding hydrogens is 216 g/mol. The van der Waals surface area contributed by atoms with E-state index >= 15 is 0 Å².